The van der Waals surface area contributed by atoms with Crippen molar-refractivity contribution >= 4 is 5.78 Å². The molecule has 0 aliphatic rings. The summed E-state index contributed by atoms with van der Waals surface area (Å²) in [6, 6.07) is 1.45. The SMILES string of the molecule is CCCCCCCCCc1cc(O)c(C(=O)CCCCCCCC)c(=O)o1. The molecule has 1 N–H and O–H groups in total. The molecule has 0 aliphatic heterocycles. The predicted octanol–water partition coefficient (Wildman–Crippen LogP) is 6.57. The molecule has 4 nitrogen and oxygen atoms in total. The van der Waals surface area contributed by atoms with Gasteiger partial charge >= 0.3 is 5.63 Å². The number of Topliss-reactive ketones (excluding diaryl/α,β-unsaturated/α-hetero) is 1. The Morgan fingerprint density at radius 2 is 1.37 bits per heavy atom. The van der Waals surface area contributed by atoms with E-state index in [1.54, 1.807) is 0 Å². The van der Waals surface area contributed by atoms with E-state index in [0.717, 1.165) is 32.1 Å². The molecule has 1 rings (SSSR count). The van der Waals surface area contributed by atoms with Gasteiger partial charge in [0.2, 0.25) is 0 Å². The van der Waals surface area contributed by atoms with Crippen LogP contribution in [0.5, 0.6) is 5.75 Å². The van der Waals surface area contributed by atoms with Gasteiger partial charge in [-0.3, -0.25) is 4.79 Å². The number of aryl methyl sites for hydroxylation is 1. The summed E-state index contributed by atoms with van der Waals surface area (Å²) in [5.74, 6) is -0.0541. The van der Waals surface area contributed by atoms with Crippen molar-refractivity contribution in [2.45, 2.75) is 110 Å². The highest BCUT2D eigenvalue weighted by molar-refractivity contribution is 5.97. The molecule has 4 heteroatoms. The highest BCUT2D eigenvalue weighted by Gasteiger charge is 2.18. The molecule has 1 heterocycles. The second-order valence-corrected chi connectivity index (χ2v) is 7.57. The average Bonchev–Trinajstić information content (AvgIpc) is 2.63. The zero-order chi connectivity index (χ0) is 19.9. The molecule has 0 fully saturated rings. The largest absolute Gasteiger partial charge is 0.507 e. The van der Waals surface area contributed by atoms with Gasteiger partial charge in [-0.15, -0.1) is 0 Å². The van der Waals surface area contributed by atoms with E-state index >= 15 is 0 Å². The summed E-state index contributed by atoms with van der Waals surface area (Å²) in [7, 11) is 0. The van der Waals surface area contributed by atoms with Gasteiger partial charge in [-0.25, -0.2) is 4.79 Å². The second kappa shape index (κ2) is 14.5. The number of carbonyl (C=O) groups excluding carboxylic acids is 1. The Labute approximate surface area is 164 Å². The van der Waals surface area contributed by atoms with E-state index in [-0.39, 0.29) is 17.1 Å². The van der Waals surface area contributed by atoms with Crippen molar-refractivity contribution in [2.24, 2.45) is 0 Å². The third-order valence-electron chi connectivity index (χ3n) is 5.04. The van der Waals surface area contributed by atoms with Crippen LogP contribution in [0.25, 0.3) is 0 Å². The van der Waals surface area contributed by atoms with Crippen molar-refractivity contribution in [3.8, 4) is 5.75 Å². The third-order valence-corrected chi connectivity index (χ3v) is 5.04. The molecule has 0 aliphatic carbocycles. The number of ketones is 1. The number of rotatable bonds is 16. The van der Waals surface area contributed by atoms with Crippen LogP contribution in [0.2, 0.25) is 0 Å². The van der Waals surface area contributed by atoms with E-state index in [4.69, 9.17) is 4.42 Å². The van der Waals surface area contributed by atoms with Crippen molar-refractivity contribution in [3.05, 3.63) is 27.8 Å². The van der Waals surface area contributed by atoms with E-state index in [1.807, 2.05) is 0 Å². The molecule has 0 amide bonds. The summed E-state index contributed by atoms with van der Waals surface area (Å²) in [6.07, 6.45) is 15.6. The first-order valence-electron chi connectivity index (χ1n) is 11.0. The summed E-state index contributed by atoms with van der Waals surface area (Å²) in [5.41, 5.74) is -0.865. The lowest BCUT2D eigenvalue weighted by atomic mass is 10.0. The lowest BCUT2D eigenvalue weighted by molar-refractivity contribution is 0.0971. The lowest BCUT2D eigenvalue weighted by Gasteiger charge is -2.06. The van der Waals surface area contributed by atoms with Crippen LogP contribution in [0.1, 0.15) is 120 Å². The Hall–Kier alpha value is -1.58. The highest BCUT2D eigenvalue weighted by atomic mass is 16.4. The zero-order valence-electron chi connectivity index (χ0n) is 17.4. The van der Waals surface area contributed by atoms with E-state index in [2.05, 4.69) is 13.8 Å². The van der Waals surface area contributed by atoms with E-state index in [1.165, 1.54) is 57.4 Å². The molecule has 0 atom stereocenters. The maximum atomic E-state index is 12.3. The summed E-state index contributed by atoms with van der Waals surface area (Å²) in [5, 5.41) is 10.1. The lowest BCUT2D eigenvalue weighted by Crippen LogP contribution is -2.15. The molecule has 0 unspecified atom stereocenters. The summed E-state index contributed by atoms with van der Waals surface area (Å²) in [6.45, 7) is 4.37. The van der Waals surface area contributed by atoms with Gasteiger partial charge in [0.05, 0.1) is 0 Å². The van der Waals surface area contributed by atoms with E-state index < -0.39 is 5.63 Å². The Morgan fingerprint density at radius 1 is 0.852 bits per heavy atom. The maximum Gasteiger partial charge on any atom is 0.350 e. The van der Waals surface area contributed by atoms with Crippen LogP contribution in [-0.4, -0.2) is 10.9 Å². The quantitative estimate of drug-likeness (QED) is 0.261. The number of unbranched alkanes of at least 4 members (excludes halogenated alkanes) is 11. The van der Waals surface area contributed by atoms with Gasteiger partial charge in [0.1, 0.15) is 17.1 Å². The topological polar surface area (TPSA) is 67.5 Å². The predicted molar refractivity (Wildman–Crippen MR) is 111 cm³/mol. The van der Waals surface area contributed by atoms with Crippen LogP contribution in [0, 0.1) is 0 Å². The molecule has 0 radical (unpaired) electrons. The molecule has 1 aromatic heterocycles. The molecule has 0 saturated carbocycles. The third kappa shape index (κ3) is 9.78. The van der Waals surface area contributed by atoms with Crippen LogP contribution in [-0.2, 0) is 6.42 Å². The minimum Gasteiger partial charge on any atom is -0.507 e. The van der Waals surface area contributed by atoms with Gasteiger partial charge in [0.25, 0.3) is 0 Å². The molecule has 0 spiro atoms. The van der Waals surface area contributed by atoms with Crippen molar-refractivity contribution in [2.75, 3.05) is 0 Å². The minimum absolute atomic E-state index is 0.174. The van der Waals surface area contributed by atoms with Gasteiger partial charge in [-0.05, 0) is 12.8 Å². The Bertz CT molecular complexity index is 589. The first kappa shape index (κ1) is 23.5. The van der Waals surface area contributed by atoms with E-state index in [0.29, 0.717) is 18.6 Å². The van der Waals surface area contributed by atoms with Gasteiger partial charge in [0, 0.05) is 18.9 Å². The molecule has 1 aromatic rings. The number of carbonyl (C=O) groups is 1. The summed E-state index contributed by atoms with van der Waals surface area (Å²) < 4.78 is 5.28. The van der Waals surface area contributed by atoms with Gasteiger partial charge < -0.3 is 9.52 Å². The Kier molecular flexibility index (Phi) is 12.6. The maximum absolute atomic E-state index is 12.3. The van der Waals surface area contributed by atoms with Gasteiger partial charge in [-0.2, -0.15) is 0 Å². The fourth-order valence-corrected chi connectivity index (χ4v) is 3.36. The molecular formula is C23H38O4. The highest BCUT2D eigenvalue weighted by Crippen LogP contribution is 2.20. The first-order valence-corrected chi connectivity index (χ1v) is 11.0. The van der Waals surface area contributed by atoms with Crippen molar-refractivity contribution in [1.29, 1.82) is 0 Å². The normalized spacial score (nSPS) is 11.0. The van der Waals surface area contributed by atoms with Crippen molar-refractivity contribution in [3.63, 3.8) is 0 Å². The molecular weight excluding hydrogens is 340 g/mol. The fraction of sp³-hybridized carbons (Fsp3) is 0.739. The molecule has 27 heavy (non-hydrogen) atoms. The Balaban J connectivity index is 2.40. The summed E-state index contributed by atoms with van der Waals surface area (Å²) in [4.78, 5) is 24.4. The minimum atomic E-state index is -0.691. The van der Waals surface area contributed by atoms with Crippen molar-refractivity contribution < 1.29 is 14.3 Å². The van der Waals surface area contributed by atoms with Crippen LogP contribution < -0.4 is 5.63 Å². The van der Waals surface area contributed by atoms with Crippen LogP contribution in [0.15, 0.2) is 15.3 Å². The molecule has 0 aromatic carbocycles. The van der Waals surface area contributed by atoms with Crippen LogP contribution >= 0.6 is 0 Å². The molecule has 0 saturated heterocycles. The van der Waals surface area contributed by atoms with Crippen LogP contribution in [0.4, 0.5) is 0 Å². The number of hydrogen-bond acceptors (Lipinski definition) is 4. The second-order valence-electron chi connectivity index (χ2n) is 7.57. The molecule has 154 valence electrons. The first-order chi connectivity index (χ1) is 13.1. The van der Waals surface area contributed by atoms with Gasteiger partial charge in [-0.1, -0.05) is 84.5 Å². The van der Waals surface area contributed by atoms with Gasteiger partial charge in [0.15, 0.2) is 5.78 Å². The molecule has 0 bridgehead atoms. The smallest absolute Gasteiger partial charge is 0.350 e. The summed E-state index contributed by atoms with van der Waals surface area (Å²) >= 11 is 0. The monoisotopic (exact) mass is 378 g/mol. The number of hydrogen-bond donors (Lipinski definition) is 1. The zero-order valence-corrected chi connectivity index (χ0v) is 17.4. The van der Waals surface area contributed by atoms with Crippen molar-refractivity contribution in [1.82, 2.24) is 0 Å². The van der Waals surface area contributed by atoms with Crippen LogP contribution in [0.3, 0.4) is 0 Å². The Morgan fingerprint density at radius 3 is 1.93 bits per heavy atom. The standard InChI is InChI=1S/C23H38O4/c1-3-5-7-9-11-12-14-16-19-18-21(25)22(23(26)27-19)20(24)17-15-13-10-8-6-4-2/h18,25H,3-17H2,1-2H3. The average molecular weight is 379 g/mol. The fourth-order valence-electron chi connectivity index (χ4n) is 3.36. The van der Waals surface area contributed by atoms with E-state index in [9.17, 15) is 14.7 Å². The number of aromatic hydroxyl groups is 1.